The fourth-order valence-electron chi connectivity index (χ4n) is 1.66. The van der Waals surface area contributed by atoms with Gasteiger partial charge in [-0.05, 0) is 17.7 Å². The molecule has 0 spiro atoms. The summed E-state index contributed by atoms with van der Waals surface area (Å²) in [5.41, 5.74) is 0.892. The van der Waals surface area contributed by atoms with Crippen molar-refractivity contribution in [2.75, 3.05) is 19.3 Å². The number of sulfone groups is 1. The van der Waals surface area contributed by atoms with Crippen LogP contribution in [0.5, 0.6) is 0 Å². The highest BCUT2D eigenvalue weighted by atomic mass is 32.2. The smallest absolute Gasteiger partial charge is 0.225 e. The Morgan fingerprint density at radius 1 is 1.33 bits per heavy atom. The minimum atomic E-state index is -3.15. The maximum Gasteiger partial charge on any atom is 0.225 e. The number of rotatable bonds is 4. The van der Waals surface area contributed by atoms with E-state index in [1.54, 1.807) is 24.3 Å². The molecule has 1 fully saturated rings. The summed E-state index contributed by atoms with van der Waals surface area (Å²) in [6.45, 7) is 1.90. The number of hydrogen-bond acceptors (Lipinski definition) is 4. The van der Waals surface area contributed by atoms with E-state index in [2.05, 4.69) is 10.6 Å². The molecule has 1 aliphatic rings. The molecule has 2 N–H and O–H groups in total. The summed E-state index contributed by atoms with van der Waals surface area (Å²) in [6.07, 6.45) is 1.17. The van der Waals surface area contributed by atoms with Gasteiger partial charge in [0.2, 0.25) is 5.91 Å². The average Bonchev–Trinajstić information content (AvgIpc) is 2.23. The van der Waals surface area contributed by atoms with Crippen molar-refractivity contribution in [1.29, 1.82) is 0 Å². The van der Waals surface area contributed by atoms with Crippen LogP contribution in [0.15, 0.2) is 29.2 Å². The number of carbonyl (C=O) groups is 1. The van der Waals surface area contributed by atoms with Crippen LogP contribution >= 0.6 is 0 Å². The predicted octanol–water partition coefficient (Wildman–Crippen LogP) is -0.0743. The standard InChI is InChI=1S/C12H16N2O3S/c1-18(16,17)11-4-2-9(3-5-11)6-14-12(15)10-7-13-8-10/h2-5,10,13H,6-8H2,1H3,(H,14,15). The maximum atomic E-state index is 11.6. The van der Waals surface area contributed by atoms with Gasteiger partial charge in [0.05, 0.1) is 10.8 Å². The van der Waals surface area contributed by atoms with E-state index in [0.717, 1.165) is 18.7 Å². The number of nitrogens with one attached hydrogen (secondary N) is 2. The Kier molecular flexibility index (Phi) is 3.68. The molecule has 0 radical (unpaired) electrons. The lowest BCUT2D eigenvalue weighted by molar-refractivity contribution is -0.126. The molecule has 0 aliphatic carbocycles. The van der Waals surface area contributed by atoms with Crippen LogP contribution in [0.2, 0.25) is 0 Å². The number of carbonyl (C=O) groups excluding carboxylic acids is 1. The third-order valence-electron chi connectivity index (χ3n) is 2.97. The van der Waals surface area contributed by atoms with Gasteiger partial charge in [-0.2, -0.15) is 0 Å². The van der Waals surface area contributed by atoms with E-state index >= 15 is 0 Å². The van der Waals surface area contributed by atoms with E-state index in [0.29, 0.717) is 11.4 Å². The van der Waals surface area contributed by atoms with Gasteiger partial charge in [0.15, 0.2) is 9.84 Å². The van der Waals surface area contributed by atoms with Crippen molar-refractivity contribution in [3.05, 3.63) is 29.8 Å². The SMILES string of the molecule is CS(=O)(=O)c1ccc(CNC(=O)C2CNC2)cc1. The molecule has 18 heavy (non-hydrogen) atoms. The first kappa shape index (κ1) is 13.0. The average molecular weight is 268 g/mol. The summed E-state index contributed by atoms with van der Waals surface area (Å²) >= 11 is 0. The summed E-state index contributed by atoms with van der Waals surface area (Å²) in [7, 11) is -3.15. The van der Waals surface area contributed by atoms with Crippen LogP contribution < -0.4 is 10.6 Å². The lowest BCUT2D eigenvalue weighted by atomic mass is 10.0. The lowest BCUT2D eigenvalue weighted by Crippen LogP contribution is -2.50. The molecule has 0 saturated carbocycles. The molecular weight excluding hydrogens is 252 g/mol. The van der Waals surface area contributed by atoms with Crippen molar-refractivity contribution in [1.82, 2.24) is 10.6 Å². The molecule has 0 unspecified atom stereocenters. The third kappa shape index (κ3) is 3.08. The number of benzene rings is 1. The Labute approximate surface area is 107 Å². The van der Waals surface area contributed by atoms with Crippen LogP contribution in [0.3, 0.4) is 0 Å². The second-order valence-corrected chi connectivity index (χ2v) is 6.50. The molecule has 0 bridgehead atoms. The molecule has 1 aromatic carbocycles. The Balaban J connectivity index is 1.92. The van der Waals surface area contributed by atoms with Crippen molar-refractivity contribution < 1.29 is 13.2 Å². The maximum absolute atomic E-state index is 11.6. The Morgan fingerprint density at radius 3 is 2.39 bits per heavy atom. The Bertz CT molecular complexity index is 533. The van der Waals surface area contributed by atoms with E-state index < -0.39 is 9.84 Å². The first-order chi connectivity index (χ1) is 8.47. The van der Waals surface area contributed by atoms with Gasteiger partial charge in [-0.15, -0.1) is 0 Å². The van der Waals surface area contributed by atoms with Crippen molar-refractivity contribution in [3.8, 4) is 0 Å². The van der Waals surface area contributed by atoms with Crippen molar-refractivity contribution in [2.24, 2.45) is 5.92 Å². The molecule has 0 atom stereocenters. The molecule has 1 heterocycles. The highest BCUT2D eigenvalue weighted by Crippen LogP contribution is 2.10. The van der Waals surface area contributed by atoms with Gasteiger partial charge in [0, 0.05) is 25.9 Å². The number of hydrogen-bond donors (Lipinski definition) is 2. The fraction of sp³-hybridized carbons (Fsp3) is 0.417. The van der Waals surface area contributed by atoms with E-state index in [-0.39, 0.29) is 11.8 Å². The van der Waals surface area contributed by atoms with Crippen molar-refractivity contribution >= 4 is 15.7 Å². The minimum absolute atomic E-state index is 0.0425. The van der Waals surface area contributed by atoms with E-state index in [9.17, 15) is 13.2 Å². The first-order valence-corrected chi connectivity index (χ1v) is 7.63. The van der Waals surface area contributed by atoms with Gasteiger partial charge >= 0.3 is 0 Å². The monoisotopic (exact) mass is 268 g/mol. The summed E-state index contributed by atoms with van der Waals surface area (Å²) in [5, 5.41) is 5.87. The minimum Gasteiger partial charge on any atom is -0.352 e. The molecular formula is C12H16N2O3S. The van der Waals surface area contributed by atoms with Crippen LogP contribution in [0.25, 0.3) is 0 Å². The molecule has 1 aromatic rings. The van der Waals surface area contributed by atoms with Crippen molar-refractivity contribution in [3.63, 3.8) is 0 Å². The van der Waals surface area contributed by atoms with Gasteiger partial charge in [0.1, 0.15) is 0 Å². The molecule has 6 heteroatoms. The molecule has 0 aromatic heterocycles. The molecule has 1 aliphatic heterocycles. The first-order valence-electron chi connectivity index (χ1n) is 5.74. The van der Waals surface area contributed by atoms with Gasteiger partial charge < -0.3 is 10.6 Å². The summed E-state index contributed by atoms with van der Waals surface area (Å²) in [6, 6.07) is 6.55. The molecule has 1 amide bonds. The highest BCUT2D eigenvalue weighted by molar-refractivity contribution is 7.90. The van der Waals surface area contributed by atoms with E-state index in [4.69, 9.17) is 0 Å². The van der Waals surface area contributed by atoms with Gasteiger partial charge in [0.25, 0.3) is 0 Å². The summed E-state index contributed by atoms with van der Waals surface area (Å²) in [5.74, 6) is 0.112. The summed E-state index contributed by atoms with van der Waals surface area (Å²) < 4.78 is 22.5. The highest BCUT2D eigenvalue weighted by Gasteiger charge is 2.24. The van der Waals surface area contributed by atoms with Crippen LogP contribution in [0.4, 0.5) is 0 Å². The van der Waals surface area contributed by atoms with Crippen LogP contribution in [0, 0.1) is 5.92 Å². The van der Waals surface area contributed by atoms with Crippen molar-refractivity contribution in [2.45, 2.75) is 11.4 Å². The second-order valence-electron chi connectivity index (χ2n) is 4.49. The molecule has 1 saturated heterocycles. The molecule has 2 rings (SSSR count). The fourth-order valence-corrected chi connectivity index (χ4v) is 2.29. The van der Waals surface area contributed by atoms with E-state index in [1.165, 1.54) is 6.26 Å². The van der Waals surface area contributed by atoms with Gasteiger partial charge in [-0.3, -0.25) is 4.79 Å². The second kappa shape index (κ2) is 5.07. The zero-order valence-electron chi connectivity index (χ0n) is 10.1. The zero-order chi connectivity index (χ0) is 13.2. The Hall–Kier alpha value is -1.40. The lowest BCUT2D eigenvalue weighted by Gasteiger charge is -2.25. The van der Waals surface area contributed by atoms with Crippen LogP contribution in [0.1, 0.15) is 5.56 Å². The third-order valence-corrected chi connectivity index (χ3v) is 4.10. The van der Waals surface area contributed by atoms with Gasteiger partial charge in [-0.25, -0.2) is 8.42 Å². The van der Waals surface area contributed by atoms with Crippen LogP contribution in [-0.4, -0.2) is 33.7 Å². The topological polar surface area (TPSA) is 75.3 Å². The number of amides is 1. The Morgan fingerprint density at radius 2 is 1.94 bits per heavy atom. The zero-order valence-corrected chi connectivity index (χ0v) is 11.0. The van der Waals surface area contributed by atoms with Gasteiger partial charge in [-0.1, -0.05) is 12.1 Å². The van der Waals surface area contributed by atoms with Crippen LogP contribution in [-0.2, 0) is 21.2 Å². The quantitative estimate of drug-likeness (QED) is 0.801. The normalized spacial score (nSPS) is 16.1. The summed E-state index contributed by atoms with van der Waals surface area (Å²) in [4.78, 5) is 11.9. The largest absolute Gasteiger partial charge is 0.352 e. The molecule has 98 valence electrons. The molecule has 5 nitrogen and oxygen atoms in total. The van der Waals surface area contributed by atoms with E-state index in [1.807, 2.05) is 0 Å². The predicted molar refractivity (Wildman–Crippen MR) is 67.8 cm³/mol.